The Morgan fingerprint density at radius 2 is 2.05 bits per heavy atom. The zero-order valence-electron chi connectivity index (χ0n) is 9.31. The Labute approximate surface area is 120 Å². The van der Waals surface area contributed by atoms with Gasteiger partial charge in [-0.15, -0.1) is 11.3 Å². The van der Waals surface area contributed by atoms with Crippen molar-refractivity contribution in [2.45, 2.75) is 0 Å². The lowest BCUT2D eigenvalue weighted by atomic mass is 10.1. The minimum Gasteiger partial charge on any atom is -0.478 e. The number of hydrogen-bond acceptors (Lipinski definition) is 3. The van der Waals surface area contributed by atoms with Crippen LogP contribution in [0.3, 0.4) is 0 Å². The van der Waals surface area contributed by atoms with Crippen LogP contribution in [0.15, 0.2) is 33.4 Å². The molecule has 2 aromatic rings. The second-order valence-corrected chi connectivity index (χ2v) is 5.88. The number of halogens is 2. The molecule has 2 N–H and O–H groups in total. The number of amides is 1. The van der Waals surface area contributed by atoms with Crippen LogP contribution in [0, 0.1) is 5.82 Å². The maximum absolute atomic E-state index is 13.1. The van der Waals surface area contributed by atoms with Crippen LogP contribution in [-0.2, 0) is 0 Å². The van der Waals surface area contributed by atoms with Gasteiger partial charge in [-0.2, -0.15) is 0 Å². The van der Waals surface area contributed by atoms with E-state index in [0.29, 0.717) is 5.56 Å². The number of hydrogen-bond donors (Lipinski definition) is 2. The van der Waals surface area contributed by atoms with Crippen molar-refractivity contribution in [2.75, 3.05) is 5.32 Å². The third-order valence-corrected chi connectivity index (χ3v) is 3.79. The lowest BCUT2D eigenvalue weighted by Crippen LogP contribution is -2.14. The number of aromatic carboxylic acids is 1. The molecule has 0 aliphatic carbocycles. The van der Waals surface area contributed by atoms with Crippen LogP contribution < -0.4 is 5.32 Å². The Bertz CT molecular complexity index is 656. The molecule has 2 rings (SSSR count). The molecule has 19 heavy (non-hydrogen) atoms. The predicted molar refractivity (Wildman–Crippen MR) is 73.3 cm³/mol. The molecule has 0 saturated heterocycles. The molecule has 1 heterocycles. The van der Waals surface area contributed by atoms with E-state index in [0.717, 1.165) is 22.0 Å². The summed E-state index contributed by atoms with van der Waals surface area (Å²) in [5, 5.41) is 13.0. The van der Waals surface area contributed by atoms with Gasteiger partial charge in [0.25, 0.3) is 5.91 Å². The van der Waals surface area contributed by atoms with Crippen molar-refractivity contribution in [1.29, 1.82) is 0 Å². The number of rotatable bonds is 3. The lowest BCUT2D eigenvalue weighted by Gasteiger charge is -2.07. The van der Waals surface area contributed by atoms with Gasteiger partial charge in [0.15, 0.2) is 0 Å². The first-order valence-electron chi connectivity index (χ1n) is 5.05. The van der Waals surface area contributed by atoms with Crippen LogP contribution in [0.2, 0.25) is 0 Å². The van der Waals surface area contributed by atoms with Gasteiger partial charge in [-0.3, -0.25) is 4.79 Å². The number of carboxylic acids is 1. The molecule has 7 heteroatoms. The normalized spacial score (nSPS) is 10.2. The van der Waals surface area contributed by atoms with Crippen LogP contribution in [0.5, 0.6) is 0 Å². The third kappa shape index (κ3) is 3.18. The SMILES string of the molecule is O=C(Nc1cc(F)ccc1C(=O)O)c1csc(Br)c1. The second-order valence-electron chi connectivity index (χ2n) is 3.59. The van der Waals surface area contributed by atoms with E-state index in [4.69, 9.17) is 5.11 Å². The lowest BCUT2D eigenvalue weighted by molar-refractivity contribution is 0.0698. The zero-order valence-corrected chi connectivity index (χ0v) is 11.7. The zero-order chi connectivity index (χ0) is 14.0. The van der Waals surface area contributed by atoms with Crippen molar-refractivity contribution in [2.24, 2.45) is 0 Å². The minimum absolute atomic E-state index is 0.0696. The van der Waals surface area contributed by atoms with Crippen molar-refractivity contribution in [3.8, 4) is 0 Å². The van der Waals surface area contributed by atoms with Gasteiger partial charge in [0.05, 0.1) is 20.6 Å². The number of anilines is 1. The third-order valence-electron chi connectivity index (χ3n) is 2.29. The fourth-order valence-electron chi connectivity index (χ4n) is 1.43. The smallest absolute Gasteiger partial charge is 0.337 e. The molecule has 0 aliphatic heterocycles. The summed E-state index contributed by atoms with van der Waals surface area (Å²) >= 11 is 4.54. The van der Waals surface area contributed by atoms with Crippen LogP contribution in [-0.4, -0.2) is 17.0 Å². The maximum atomic E-state index is 13.1. The van der Waals surface area contributed by atoms with Crippen molar-refractivity contribution < 1.29 is 19.1 Å². The molecule has 1 amide bonds. The van der Waals surface area contributed by atoms with Gasteiger partial charge in [0, 0.05) is 5.38 Å². The Balaban J connectivity index is 2.30. The predicted octanol–water partition coefficient (Wildman–Crippen LogP) is 3.60. The monoisotopic (exact) mass is 343 g/mol. The molecule has 0 spiro atoms. The fourth-order valence-corrected chi connectivity index (χ4v) is 2.57. The van der Waals surface area contributed by atoms with Gasteiger partial charge in [-0.05, 0) is 40.2 Å². The van der Waals surface area contributed by atoms with Gasteiger partial charge >= 0.3 is 5.97 Å². The van der Waals surface area contributed by atoms with Crippen LogP contribution in [0.1, 0.15) is 20.7 Å². The number of benzene rings is 1. The molecule has 0 aliphatic rings. The quantitative estimate of drug-likeness (QED) is 0.894. The van der Waals surface area contributed by atoms with Crippen molar-refractivity contribution in [3.63, 3.8) is 0 Å². The van der Waals surface area contributed by atoms with E-state index in [-0.39, 0.29) is 11.3 Å². The van der Waals surface area contributed by atoms with E-state index in [1.54, 1.807) is 11.4 Å². The van der Waals surface area contributed by atoms with Crippen molar-refractivity contribution in [3.05, 3.63) is 50.4 Å². The van der Waals surface area contributed by atoms with E-state index in [1.165, 1.54) is 11.3 Å². The standard InChI is InChI=1S/C12H7BrFNO3S/c13-10-3-6(5-19-10)11(16)15-9-4-7(14)1-2-8(9)12(17)18/h1-5H,(H,15,16)(H,17,18). The molecule has 0 saturated carbocycles. The Morgan fingerprint density at radius 1 is 1.32 bits per heavy atom. The molecule has 0 unspecified atom stereocenters. The number of nitrogens with one attached hydrogen (secondary N) is 1. The summed E-state index contributed by atoms with van der Waals surface area (Å²) in [6.07, 6.45) is 0. The molecular weight excluding hydrogens is 337 g/mol. The number of carboxylic acid groups (broad SMARTS) is 1. The van der Waals surface area contributed by atoms with E-state index in [2.05, 4.69) is 21.2 Å². The van der Waals surface area contributed by atoms with Gasteiger partial charge < -0.3 is 10.4 Å². The largest absolute Gasteiger partial charge is 0.478 e. The minimum atomic E-state index is -1.23. The molecule has 98 valence electrons. The molecule has 0 atom stereocenters. The number of carbonyl (C=O) groups excluding carboxylic acids is 1. The van der Waals surface area contributed by atoms with E-state index in [1.807, 2.05) is 0 Å². The Morgan fingerprint density at radius 3 is 2.63 bits per heavy atom. The first-order chi connectivity index (χ1) is 8.97. The Kier molecular flexibility index (Phi) is 3.96. The van der Waals surface area contributed by atoms with Gasteiger partial charge in [0.2, 0.25) is 0 Å². The highest BCUT2D eigenvalue weighted by atomic mass is 79.9. The molecular formula is C12H7BrFNO3S. The van der Waals surface area contributed by atoms with Crippen molar-refractivity contribution in [1.82, 2.24) is 0 Å². The van der Waals surface area contributed by atoms with Crippen LogP contribution in [0.25, 0.3) is 0 Å². The molecule has 0 fully saturated rings. The average Bonchev–Trinajstić information content (AvgIpc) is 2.75. The highest BCUT2D eigenvalue weighted by Gasteiger charge is 2.15. The summed E-state index contributed by atoms with van der Waals surface area (Å²) in [5.74, 6) is -2.34. The summed E-state index contributed by atoms with van der Waals surface area (Å²) < 4.78 is 13.9. The van der Waals surface area contributed by atoms with Gasteiger partial charge in [-0.25, -0.2) is 9.18 Å². The topological polar surface area (TPSA) is 66.4 Å². The highest BCUT2D eigenvalue weighted by molar-refractivity contribution is 9.11. The molecule has 1 aromatic heterocycles. The summed E-state index contributed by atoms with van der Waals surface area (Å²) in [5.41, 5.74) is 0.140. The maximum Gasteiger partial charge on any atom is 0.337 e. The van der Waals surface area contributed by atoms with E-state index < -0.39 is 17.7 Å². The summed E-state index contributed by atoms with van der Waals surface area (Å²) in [6.45, 7) is 0. The van der Waals surface area contributed by atoms with Gasteiger partial charge in [-0.1, -0.05) is 0 Å². The second kappa shape index (κ2) is 5.50. The van der Waals surface area contributed by atoms with Crippen LogP contribution >= 0.6 is 27.3 Å². The Hall–Kier alpha value is -1.73. The van der Waals surface area contributed by atoms with E-state index >= 15 is 0 Å². The molecule has 0 bridgehead atoms. The summed E-state index contributed by atoms with van der Waals surface area (Å²) in [6, 6.07) is 4.71. The van der Waals surface area contributed by atoms with Crippen LogP contribution in [0.4, 0.5) is 10.1 Å². The summed E-state index contributed by atoms with van der Waals surface area (Å²) in [7, 11) is 0. The van der Waals surface area contributed by atoms with Gasteiger partial charge in [0.1, 0.15) is 5.82 Å². The highest BCUT2D eigenvalue weighted by Crippen LogP contribution is 2.23. The molecule has 1 aromatic carbocycles. The fraction of sp³-hybridized carbons (Fsp3) is 0. The van der Waals surface area contributed by atoms with E-state index in [9.17, 15) is 14.0 Å². The molecule has 4 nitrogen and oxygen atoms in total. The molecule has 0 radical (unpaired) electrons. The van der Waals surface area contributed by atoms with Crippen molar-refractivity contribution >= 4 is 44.8 Å². The first-order valence-corrected chi connectivity index (χ1v) is 6.73. The summed E-state index contributed by atoms with van der Waals surface area (Å²) in [4.78, 5) is 22.8. The number of thiophene rings is 1. The number of carbonyl (C=O) groups is 2. The first kappa shape index (κ1) is 13.7. The average molecular weight is 344 g/mol.